The fourth-order valence-corrected chi connectivity index (χ4v) is 3.25. The van der Waals surface area contributed by atoms with Gasteiger partial charge in [0.25, 0.3) is 0 Å². The molecule has 0 spiro atoms. The van der Waals surface area contributed by atoms with Crippen molar-refractivity contribution in [2.24, 2.45) is 11.8 Å². The van der Waals surface area contributed by atoms with Gasteiger partial charge in [0.1, 0.15) is 18.3 Å². The molecule has 122 valence electrons. The van der Waals surface area contributed by atoms with E-state index in [1.807, 2.05) is 0 Å². The summed E-state index contributed by atoms with van der Waals surface area (Å²) in [5, 5.41) is 39.0. The van der Waals surface area contributed by atoms with E-state index < -0.39 is 30.7 Å². The lowest BCUT2D eigenvalue weighted by Crippen LogP contribution is -2.52. The first-order valence-electron chi connectivity index (χ1n) is 7.41. The van der Waals surface area contributed by atoms with Gasteiger partial charge in [-0.3, -0.25) is 4.79 Å². The minimum absolute atomic E-state index is 0.0909. The second-order valence-electron chi connectivity index (χ2n) is 6.59. The second-order valence-corrected chi connectivity index (χ2v) is 6.59. The Labute approximate surface area is 124 Å². The molecule has 2 fully saturated rings. The van der Waals surface area contributed by atoms with Crippen LogP contribution in [-0.2, 0) is 9.53 Å². The summed E-state index contributed by atoms with van der Waals surface area (Å²) in [5.41, 5.74) is 0. The molecule has 0 saturated carbocycles. The third-order valence-electron chi connectivity index (χ3n) is 4.22. The molecule has 0 aromatic carbocycles. The number of nitrogens with zero attached hydrogens (tertiary/aromatic N) is 1. The predicted molar refractivity (Wildman–Crippen MR) is 73.1 cm³/mol. The number of hydrogen-bond donors (Lipinski definition) is 4. The van der Waals surface area contributed by atoms with Crippen molar-refractivity contribution in [1.82, 2.24) is 4.90 Å². The molecule has 0 bridgehead atoms. The van der Waals surface area contributed by atoms with Gasteiger partial charge in [-0.1, -0.05) is 13.8 Å². The van der Waals surface area contributed by atoms with E-state index in [0.29, 0.717) is 18.9 Å². The van der Waals surface area contributed by atoms with E-state index >= 15 is 0 Å². The average molecular weight is 303 g/mol. The van der Waals surface area contributed by atoms with Gasteiger partial charge in [0.05, 0.1) is 13.2 Å². The molecule has 0 aliphatic carbocycles. The quantitative estimate of drug-likeness (QED) is 0.501. The number of β-amino-alcohol motifs (C(OH)–C–C–N with tert-alkyl or cyclic N) is 1. The van der Waals surface area contributed by atoms with Crippen molar-refractivity contribution in [2.45, 2.75) is 50.8 Å². The molecule has 1 unspecified atom stereocenters. The van der Waals surface area contributed by atoms with Crippen LogP contribution in [0.2, 0.25) is 0 Å². The number of ether oxygens (including phenoxy) is 1. The Kier molecular flexibility index (Phi) is 4.89. The first-order chi connectivity index (χ1) is 9.76. The van der Waals surface area contributed by atoms with Crippen LogP contribution in [0.3, 0.4) is 0 Å². The van der Waals surface area contributed by atoms with Crippen LogP contribution in [0.5, 0.6) is 0 Å². The van der Waals surface area contributed by atoms with Gasteiger partial charge in [0, 0.05) is 13.0 Å². The van der Waals surface area contributed by atoms with E-state index in [4.69, 9.17) is 9.84 Å². The number of aliphatic hydroxyl groups excluding tert-OH is 3. The van der Waals surface area contributed by atoms with E-state index in [0.717, 1.165) is 6.42 Å². The third kappa shape index (κ3) is 3.37. The van der Waals surface area contributed by atoms with Crippen LogP contribution in [0.4, 0.5) is 0 Å². The normalized spacial score (nSPS) is 40.5. The fourth-order valence-electron chi connectivity index (χ4n) is 3.25. The van der Waals surface area contributed by atoms with Gasteiger partial charge in [0.2, 0.25) is 11.7 Å². The zero-order valence-corrected chi connectivity index (χ0v) is 12.5. The third-order valence-corrected chi connectivity index (χ3v) is 4.22. The first kappa shape index (κ1) is 16.6. The first-order valence-corrected chi connectivity index (χ1v) is 7.41. The summed E-state index contributed by atoms with van der Waals surface area (Å²) in [4.78, 5) is 13.5. The maximum Gasteiger partial charge on any atom is 0.223 e. The Balaban J connectivity index is 1.99. The highest BCUT2D eigenvalue weighted by molar-refractivity contribution is 5.78. The molecule has 21 heavy (non-hydrogen) atoms. The van der Waals surface area contributed by atoms with Crippen molar-refractivity contribution in [2.75, 3.05) is 19.7 Å². The predicted octanol–water partition coefficient (Wildman–Crippen LogP) is -1.32. The maximum absolute atomic E-state index is 12.0. The summed E-state index contributed by atoms with van der Waals surface area (Å²) in [6.07, 6.45) is -2.62. The Morgan fingerprint density at radius 2 is 2.10 bits per heavy atom. The molecule has 2 aliphatic rings. The van der Waals surface area contributed by atoms with Gasteiger partial charge in [-0.25, -0.2) is 0 Å². The zero-order chi connectivity index (χ0) is 15.8. The number of carbonyl (C=O) groups is 1. The van der Waals surface area contributed by atoms with Crippen LogP contribution >= 0.6 is 0 Å². The van der Waals surface area contributed by atoms with E-state index in [2.05, 4.69) is 13.8 Å². The van der Waals surface area contributed by atoms with Crippen LogP contribution < -0.4 is 0 Å². The molecule has 2 saturated heterocycles. The fraction of sp³-hybridized carbons (Fsp3) is 0.929. The Hall–Kier alpha value is -0.730. The lowest BCUT2D eigenvalue weighted by molar-refractivity contribution is -0.237. The van der Waals surface area contributed by atoms with E-state index in [-0.39, 0.29) is 18.4 Å². The highest BCUT2D eigenvalue weighted by Gasteiger charge is 2.54. The Bertz CT molecular complexity index is 390. The Morgan fingerprint density at radius 3 is 2.62 bits per heavy atom. The standard InChI is InChI=1S/C14H25NO6/c1-8(2)3-9-4-11(17)15(5-9)7-14(20)13(19)12(18)10(6-16)21-14/h8-10,12-13,16,18-20H,3-7H2,1-2H3/t9?,10-,12-,13+,14+/m1/s1. The number of aliphatic hydroxyl groups is 4. The molecular weight excluding hydrogens is 278 g/mol. The highest BCUT2D eigenvalue weighted by Crippen LogP contribution is 2.32. The summed E-state index contributed by atoms with van der Waals surface area (Å²) in [6.45, 7) is 3.98. The van der Waals surface area contributed by atoms with Gasteiger partial charge in [-0.15, -0.1) is 0 Å². The second kappa shape index (κ2) is 6.18. The Morgan fingerprint density at radius 1 is 1.43 bits per heavy atom. The van der Waals surface area contributed by atoms with Gasteiger partial charge < -0.3 is 30.1 Å². The van der Waals surface area contributed by atoms with Gasteiger partial charge in [0.15, 0.2) is 0 Å². The molecule has 2 aliphatic heterocycles. The summed E-state index contributed by atoms with van der Waals surface area (Å²) in [7, 11) is 0. The molecule has 4 N–H and O–H groups in total. The lowest BCUT2D eigenvalue weighted by Gasteiger charge is -2.31. The maximum atomic E-state index is 12.0. The van der Waals surface area contributed by atoms with Gasteiger partial charge in [-0.05, 0) is 18.3 Å². The van der Waals surface area contributed by atoms with Crippen LogP contribution in [0.1, 0.15) is 26.7 Å². The molecular formula is C14H25NO6. The van der Waals surface area contributed by atoms with Crippen molar-refractivity contribution >= 4 is 5.91 Å². The van der Waals surface area contributed by atoms with Crippen molar-refractivity contribution in [3.05, 3.63) is 0 Å². The van der Waals surface area contributed by atoms with Crippen LogP contribution in [0.15, 0.2) is 0 Å². The van der Waals surface area contributed by atoms with Crippen LogP contribution in [-0.4, -0.2) is 75.0 Å². The van der Waals surface area contributed by atoms with Crippen LogP contribution in [0.25, 0.3) is 0 Å². The number of likely N-dealkylation sites (tertiary alicyclic amines) is 1. The van der Waals surface area contributed by atoms with E-state index in [9.17, 15) is 20.1 Å². The average Bonchev–Trinajstić information content (AvgIpc) is 2.82. The van der Waals surface area contributed by atoms with E-state index in [1.54, 1.807) is 0 Å². The van der Waals surface area contributed by atoms with Crippen molar-refractivity contribution in [3.63, 3.8) is 0 Å². The largest absolute Gasteiger partial charge is 0.394 e. The molecule has 0 aromatic heterocycles. The molecule has 1 amide bonds. The molecule has 2 heterocycles. The van der Waals surface area contributed by atoms with Crippen LogP contribution in [0, 0.1) is 11.8 Å². The number of amides is 1. The minimum atomic E-state index is -2.03. The van der Waals surface area contributed by atoms with Crippen molar-refractivity contribution < 1.29 is 30.0 Å². The van der Waals surface area contributed by atoms with Gasteiger partial charge in [-0.2, -0.15) is 0 Å². The summed E-state index contributed by atoms with van der Waals surface area (Å²) in [6, 6.07) is 0. The monoisotopic (exact) mass is 303 g/mol. The highest BCUT2D eigenvalue weighted by atomic mass is 16.7. The number of rotatable bonds is 5. The number of hydrogen-bond acceptors (Lipinski definition) is 6. The van der Waals surface area contributed by atoms with Gasteiger partial charge >= 0.3 is 0 Å². The van der Waals surface area contributed by atoms with Crippen molar-refractivity contribution in [3.8, 4) is 0 Å². The minimum Gasteiger partial charge on any atom is -0.394 e. The molecule has 0 radical (unpaired) electrons. The zero-order valence-electron chi connectivity index (χ0n) is 12.5. The summed E-state index contributed by atoms with van der Waals surface area (Å²) >= 11 is 0. The SMILES string of the molecule is CC(C)CC1CC(=O)N(C[C@]2(O)O[C@H](CO)[C@@H](O)[C@@H]2O)C1. The molecule has 0 aromatic rings. The molecule has 5 atom stereocenters. The lowest BCUT2D eigenvalue weighted by atomic mass is 9.96. The molecule has 7 nitrogen and oxygen atoms in total. The number of carbonyl (C=O) groups excluding carboxylic acids is 1. The molecule has 2 rings (SSSR count). The topological polar surface area (TPSA) is 110 Å². The smallest absolute Gasteiger partial charge is 0.223 e. The van der Waals surface area contributed by atoms with Crippen molar-refractivity contribution in [1.29, 1.82) is 0 Å². The summed E-state index contributed by atoms with van der Waals surface area (Å²) < 4.78 is 5.16. The van der Waals surface area contributed by atoms with E-state index in [1.165, 1.54) is 4.90 Å². The molecule has 7 heteroatoms. The summed E-state index contributed by atoms with van der Waals surface area (Å²) in [5.74, 6) is -1.40.